The van der Waals surface area contributed by atoms with Gasteiger partial charge in [0.1, 0.15) is 5.75 Å². The highest BCUT2D eigenvalue weighted by Crippen LogP contribution is 2.45. The van der Waals surface area contributed by atoms with E-state index in [0.717, 1.165) is 16.9 Å². The van der Waals surface area contributed by atoms with E-state index in [9.17, 15) is 4.79 Å². The van der Waals surface area contributed by atoms with Crippen LogP contribution in [-0.4, -0.2) is 39.2 Å². The maximum absolute atomic E-state index is 12.9. The lowest BCUT2D eigenvalue weighted by molar-refractivity contribution is 0.0764. The zero-order chi connectivity index (χ0) is 18.0. The number of rotatable bonds is 6. The molecular weight excluding hydrogens is 322 g/mol. The molecule has 1 aliphatic heterocycles. The minimum absolute atomic E-state index is 0.0800. The lowest BCUT2D eigenvalue weighted by Gasteiger charge is -2.16. The quantitative estimate of drug-likeness (QED) is 0.807. The molecule has 0 bridgehead atoms. The van der Waals surface area contributed by atoms with Gasteiger partial charge in [0.25, 0.3) is 5.91 Å². The van der Waals surface area contributed by atoms with Crippen LogP contribution in [0.1, 0.15) is 21.5 Å². The summed E-state index contributed by atoms with van der Waals surface area (Å²) in [6, 6.07) is 9.51. The van der Waals surface area contributed by atoms with Crippen LogP contribution in [0.25, 0.3) is 0 Å². The Kier molecular flexibility index (Phi) is 4.70. The number of benzene rings is 2. The Morgan fingerprint density at radius 3 is 2.16 bits per heavy atom. The highest BCUT2D eigenvalue weighted by atomic mass is 16.5. The second-order valence-corrected chi connectivity index (χ2v) is 5.69. The first-order valence-corrected chi connectivity index (χ1v) is 7.87. The third kappa shape index (κ3) is 2.95. The Morgan fingerprint density at radius 1 is 0.920 bits per heavy atom. The monoisotopic (exact) mass is 343 g/mol. The van der Waals surface area contributed by atoms with Crippen LogP contribution in [0.5, 0.6) is 23.0 Å². The van der Waals surface area contributed by atoms with Crippen LogP contribution in [-0.2, 0) is 13.1 Å². The SMILES string of the molecule is COc1ccc(CN2Cc3cc(OC)c(OC)c(OC)c3C2=O)cc1. The Hall–Kier alpha value is -2.89. The molecule has 2 aromatic carbocycles. The number of ether oxygens (including phenoxy) is 4. The van der Waals surface area contributed by atoms with Gasteiger partial charge in [-0.2, -0.15) is 0 Å². The van der Waals surface area contributed by atoms with Gasteiger partial charge < -0.3 is 23.8 Å². The summed E-state index contributed by atoms with van der Waals surface area (Å²) < 4.78 is 21.4. The molecule has 0 aliphatic carbocycles. The number of fused-ring (bicyclic) bond motifs is 1. The van der Waals surface area contributed by atoms with Gasteiger partial charge >= 0.3 is 0 Å². The van der Waals surface area contributed by atoms with Crippen molar-refractivity contribution in [2.45, 2.75) is 13.1 Å². The van der Waals surface area contributed by atoms with Crippen molar-refractivity contribution >= 4 is 5.91 Å². The Labute approximate surface area is 146 Å². The molecular formula is C19H21NO5. The number of carbonyl (C=O) groups excluding carboxylic acids is 1. The fourth-order valence-electron chi connectivity index (χ4n) is 3.08. The molecule has 1 aliphatic rings. The van der Waals surface area contributed by atoms with Crippen molar-refractivity contribution in [2.75, 3.05) is 28.4 Å². The summed E-state index contributed by atoms with van der Waals surface area (Å²) in [5.41, 5.74) is 2.43. The van der Waals surface area contributed by atoms with E-state index in [1.807, 2.05) is 30.3 Å². The maximum atomic E-state index is 12.9. The molecule has 1 heterocycles. The molecule has 0 fully saturated rings. The van der Waals surface area contributed by atoms with Gasteiger partial charge in [-0.05, 0) is 29.3 Å². The van der Waals surface area contributed by atoms with E-state index >= 15 is 0 Å². The predicted octanol–water partition coefficient (Wildman–Crippen LogP) is 2.88. The van der Waals surface area contributed by atoms with Crippen LogP contribution >= 0.6 is 0 Å². The fraction of sp³-hybridized carbons (Fsp3) is 0.316. The van der Waals surface area contributed by atoms with Crippen molar-refractivity contribution in [3.63, 3.8) is 0 Å². The van der Waals surface area contributed by atoms with Crippen LogP contribution in [0.15, 0.2) is 30.3 Å². The first-order valence-electron chi connectivity index (χ1n) is 7.87. The maximum Gasteiger partial charge on any atom is 0.258 e. The Balaban J connectivity index is 1.92. The average Bonchev–Trinajstić information content (AvgIpc) is 2.96. The van der Waals surface area contributed by atoms with Gasteiger partial charge in [0.2, 0.25) is 5.75 Å². The molecule has 6 nitrogen and oxygen atoms in total. The van der Waals surface area contributed by atoms with E-state index in [0.29, 0.717) is 35.9 Å². The highest BCUT2D eigenvalue weighted by Gasteiger charge is 2.34. The van der Waals surface area contributed by atoms with Crippen molar-refractivity contribution in [1.29, 1.82) is 0 Å². The predicted molar refractivity (Wildman–Crippen MR) is 92.7 cm³/mol. The summed E-state index contributed by atoms with van der Waals surface area (Å²) in [5, 5.41) is 0. The van der Waals surface area contributed by atoms with Gasteiger partial charge in [-0.3, -0.25) is 4.79 Å². The molecule has 25 heavy (non-hydrogen) atoms. The molecule has 0 atom stereocenters. The molecule has 3 rings (SSSR count). The Morgan fingerprint density at radius 2 is 1.60 bits per heavy atom. The molecule has 0 unspecified atom stereocenters. The van der Waals surface area contributed by atoms with E-state index in [1.165, 1.54) is 14.2 Å². The summed E-state index contributed by atoms with van der Waals surface area (Å²) in [6.07, 6.45) is 0. The zero-order valence-electron chi connectivity index (χ0n) is 14.8. The lowest BCUT2D eigenvalue weighted by atomic mass is 10.1. The van der Waals surface area contributed by atoms with E-state index in [-0.39, 0.29) is 5.91 Å². The number of amides is 1. The summed E-state index contributed by atoms with van der Waals surface area (Å²) in [4.78, 5) is 14.7. The molecule has 2 aromatic rings. The molecule has 0 aromatic heterocycles. The summed E-state index contributed by atoms with van der Waals surface area (Å²) in [6.45, 7) is 1.00. The minimum atomic E-state index is -0.0800. The molecule has 0 saturated heterocycles. The van der Waals surface area contributed by atoms with Gasteiger partial charge in [-0.25, -0.2) is 0 Å². The molecule has 132 valence electrons. The summed E-state index contributed by atoms with van der Waals surface area (Å²) >= 11 is 0. The van der Waals surface area contributed by atoms with Crippen molar-refractivity contribution in [3.05, 3.63) is 47.0 Å². The Bertz CT molecular complexity index is 785. The van der Waals surface area contributed by atoms with E-state index in [2.05, 4.69) is 0 Å². The number of nitrogens with zero attached hydrogens (tertiary/aromatic N) is 1. The van der Waals surface area contributed by atoms with Gasteiger partial charge in [-0.15, -0.1) is 0 Å². The molecule has 6 heteroatoms. The van der Waals surface area contributed by atoms with Gasteiger partial charge in [0, 0.05) is 13.1 Å². The van der Waals surface area contributed by atoms with Crippen molar-refractivity contribution in [1.82, 2.24) is 4.90 Å². The topological polar surface area (TPSA) is 57.2 Å². The van der Waals surface area contributed by atoms with Crippen LogP contribution in [0.2, 0.25) is 0 Å². The van der Waals surface area contributed by atoms with Crippen LogP contribution in [0.4, 0.5) is 0 Å². The first-order chi connectivity index (χ1) is 12.1. The number of hydrogen-bond donors (Lipinski definition) is 0. The third-order valence-electron chi connectivity index (χ3n) is 4.31. The normalized spacial score (nSPS) is 12.8. The average molecular weight is 343 g/mol. The van der Waals surface area contributed by atoms with Gasteiger partial charge in [0.15, 0.2) is 11.5 Å². The number of carbonyl (C=O) groups is 1. The van der Waals surface area contributed by atoms with Crippen LogP contribution < -0.4 is 18.9 Å². The minimum Gasteiger partial charge on any atom is -0.497 e. The molecule has 0 N–H and O–H groups in total. The summed E-state index contributed by atoms with van der Waals surface area (Å²) in [5.74, 6) is 2.11. The third-order valence-corrected chi connectivity index (χ3v) is 4.31. The number of hydrogen-bond acceptors (Lipinski definition) is 5. The zero-order valence-corrected chi connectivity index (χ0v) is 14.8. The second kappa shape index (κ2) is 6.93. The molecule has 0 spiro atoms. The number of methoxy groups -OCH3 is 4. The standard InChI is InChI=1S/C19H21NO5/c1-22-14-7-5-12(6-8-14)10-20-11-13-9-15(23-2)17(24-3)18(25-4)16(13)19(20)21/h5-9H,10-11H2,1-4H3. The molecule has 0 saturated carbocycles. The second-order valence-electron chi connectivity index (χ2n) is 5.69. The first kappa shape index (κ1) is 17.0. The summed E-state index contributed by atoms with van der Waals surface area (Å²) in [7, 11) is 6.25. The molecule has 1 amide bonds. The van der Waals surface area contributed by atoms with Crippen molar-refractivity contribution < 1.29 is 23.7 Å². The van der Waals surface area contributed by atoms with E-state index < -0.39 is 0 Å². The van der Waals surface area contributed by atoms with Gasteiger partial charge in [-0.1, -0.05) is 12.1 Å². The van der Waals surface area contributed by atoms with Gasteiger partial charge in [0.05, 0.1) is 34.0 Å². The van der Waals surface area contributed by atoms with Crippen molar-refractivity contribution in [2.24, 2.45) is 0 Å². The van der Waals surface area contributed by atoms with Crippen LogP contribution in [0, 0.1) is 0 Å². The largest absolute Gasteiger partial charge is 0.497 e. The molecule has 0 radical (unpaired) electrons. The van der Waals surface area contributed by atoms with E-state index in [4.69, 9.17) is 18.9 Å². The highest BCUT2D eigenvalue weighted by molar-refractivity contribution is 6.02. The van der Waals surface area contributed by atoms with Crippen LogP contribution in [0.3, 0.4) is 0 Å². The van der Waals surface area contributed by atoms with E-state index in [1.54, 1.807) is 19.1 Å². The van der Waals surface area contributed by atoms with Crippen molar-refractivity contribution in [3.8, 4) is 23.0 Å². The fourth-order valence-corrected chi connectivity index (χ4v) is 3.08. The lowest BCUT2D eigenvalue weighted by Crippen LogP contribution is -2.23. The smallest absolute Gasteiger partial charge is 0.258 e.